The van der Waals surface area contributed by atoms with Crippen LogP contribution in [0, 0.1) is 3.57 Å². The summed E-state index contributed by atoms with van der Waals surface area (Å²) in [5.41, 5.74) is 3.84. The third kappa shape index (κ3) is 4.15. The molecular weight excluding hydrogens is 644 g/mol. The molecule has 2 N–H and O–H groups in total. The number of phenols is 2. The number of nitrogens with zero attached hydrogens (tertiary/aromatic N) is 1. The number of aromatic hydroxyl groups is 2. The molecule has 1 aliphatic heterocycles. The number of hydrogen-bond acceptors (Lipinski definition) is 4. The van der Waals surface area contributed by atoms with Gasteiger partial charge in [0.1, 0.15) is 0 Å². The van der Waals surface area contributed by atoms with Crippen molar-refractivity contribution in [2.45, 2.75) is 19.8 Å². The molecule has 0 bridgehead atoms. The second-order valence-corrected chi connectivity index (χ2v) is 15.8. The van der Waals surface area contributed by atoms with Crippen LogP contribution in [0.25, 0.3) is 38.6 Å². The van der Waals surface area contributed by atoms with Gasteiger partial charge in [-0.2, -0.15) is 0 Å². The van der Waals surface area contributed by atoms with Gasteiger partial charge in [-0.25, -0.2) is 0 Å². The number of benzene rings is 5. The van der Waals surface area contributed by atoms with E-state index in [0.717, 1.165) is 27.7 Å². The van der Waals surface area contributed by atoms with E-state index in [1.54, 1.807) is 12.1 Å². The molecule has 6 aromatic rings. The normalized spacial score (nSPS) is 16.0. The number of unbranched alkanes of at least 4 members (excludes halogenated alkanes) is 1. The van der Waals surface area contributed by atoms with E-state index in [0.29, 0.717) is 22.0 Å². The zero-order valence-corrected chi connectivity index (χ0v) is 25.7. The van der Waals surface area contributed by atoms with E-state index >= 15 is 0 Å². The molecule has 5 aromatic carbocycles. The van der Waals surface area contributed by atoms with Gasteiger partial charge in [0.05, 0.1) is 0 Å². The molecule has 0 amide bonds. The molecule has 0 fully saturated rings. The number of aromatic nitrogens is 1. The van der Waals surface area contributed by atoms with Crippen molar-refractivity contribution in [3.05, 3.63) is 107 Å². The van der Waals surface area contributed by atoms with Crippen LogP contribution in [-0.4, -0.2) is 19.2 Å². The molecule has 1 atom stereocenters. The molecule has 0 radical (unpaired) electrons. The summed E-state index contributed by atoms with van der Waals surface area (Å²) in [4.78, 5) is 0. The molecule has 1 unspecified atom stereocenters. The van der Waals surface area contributed by atoms with Gasteiger partial charge in [0.25, 0.3) is 0 Å². The van der Waals surface area contributed by atoms with Crippen LogP contribution in [-0.2, 0) is 4.57 Å². The molecule has 0 saturated heterocycles. The summed E-state index contributed by atoms with van der Waals surface area (Å²) in [7, 11) is -3.83. The summed E-state index contributed by atoms with van der Waals surface area (Å²) in [6.45, 7) is 2.22. The Kier molecular flexibility index (Phi) is 6.56. The first-order chi connectivity index (χ1) is 20.0. The Morgan fingerprint density at radius 2 is 1.54 bits per heavy atom. The SMILES string of the molecule is CCCC[IH]c1ccc(-n2c3ccccc3c3c(O)c(P4(=O)Oc5ccccc5-c5ccccc54)cc(O)c32)cc1. The third-order valence-corrected chi connectivity index (χ3v) is 13.3. The van der Waals surface area contributed by atoms with Crippen LogP contribution in [0.2, 0.25) is 0 Å². The van der Waals surface area contributed by atoms with E-state index < -0.39 is 7.37 Å². The van der Waals surface area contributed by atoms with Crippen molar-refractivity contribution < 1.29 is 19.3 Å². The van der Waals surface area contributed by atoms with Crippen molar-refractivity contribution in [2.75, 3.05) is 4.43 Å². The number of para-hydroxylation sites is 2. The predicted molar refractivity (Wildman–Crippen MR) is 177 cm³/mol. The van der Waals surface area contributed by atoms with E-state index in [-0.39, 0.29) is 38.0 Å². The summed E-state index contributed by atoms with van der Waals surface area (Å²) >= 11 is -0.228. The Morgan fingerprint density at radius 1 is 0.829 bits per heavy atom. The maximum atomic E-state index is 14.9. The fraction of sp³-hybridized carbons (Fsp3) is 0.118. The molecule has 7 rings (SSSR count). The summed E-state index contributed by atoms with van der Waals surface area (Å²) in [6, 6.07) is 32.6. The van der Waals surface area contributed by atoms with E-state index in [2.05, 4.69) is 31.2 Å². The van der Waals surface area contributed by atoms with Crippen molar-refractivity contribution >= 4 is 61.0 Å². The maximum absolute atomic E-state index is 14.9. The number of halogens is 1. The summed E-state index contributed by atoms with van der Waals surface area (Å²) in [5, 5.41) is 25.3. The van der Waals surface area contributed by atoms with E-state index in [9.17, 15) is 14.8 Å². The van der Waals surface area contributed by atoms with Gasteiger partial charge in [-0.3, -0.25) is 0 Å². The summed E-state index contributed by atoms with van der Waals surface area (Å²) in [5.74, 6) is 0.270. The number of alkyl halides is 1. The quantitative estimate of drug-likeness (QED) is 0.0616. The van der Waals surface area contributed by atoms with Gasteiger partial charge in [-0.1, -0.05) is 36.4 Å². The second-order valence-electron chi connectivity index (χ2n) is 10.2. The van der Waals surface area contributed by atoms with Crippen molar-refractivity contribution in [3.8, 4) is 34.1 Å². The van der Waals surface area contributed by atoms with Gasteiger partial charge < -0.3 is 0 Å². The molecule has 206 valence electrons. The second kappa shape index (κ2) is 10.3. The standard InChI is InChI=1S/C34H29INO4P/c1-2-3-20-35-22-16-18-23(19-17-22)36-27-13-7-4-12-26(27)32-33(36)28(37)21-31(34(32)38)41(39)30-15-9-6-11-25(30)24-10-5-8-14-29(24)40-41/h4-19,21,35,37-38H,2-3,20H2,1H3. The number of hydrogen-bond donors (Lipinski definition) is 2. The van der Waals surface area contributed by atoms with E-state index in [4.69, 9.17) is 4.52 Å². The minimum absolute atomic E-state index is 0.0695. The molecule has 0 aliphatic carbocycles. The Hall–Kier alpha value is -3.74. The molecular formula is C34H29INO4P. The van der Waals surface area contributed by atoms with Crippen molar-refractivity contribution in [1.29, 1.82) is 0 Å². The van der Waals surface area contributed by atoms with Crippen LogP contribution >= 0.6 is 28.6 Å². The van der Waals surface area contributed by atoms with Crippen LogP contribution in [0.15, 0.2) is 103 Å². The van der Waals surface area contributed by atoms with Gasteiger partial charge >= 0.3 is 202 Å². The van der Waals surface area contributed by atoms with E-state index in [1.807, 2.05) is 65.2 Å². The van der Waals surface area contributed by atoms with Crippen LogP contribution in [0.1, 0.15) is 19.8 Å². The van der Waals surface area contributed by atoms with Crippen LogP contribution < -0.4 is 15.1 Å². The average molecular weight is 673 g/mol. The van der Waals surface area contributed by atoms with Gasteiger partial charge in [-0.15, -0.1) is 0 Å². The van der Waals surface area contributed by atoms with Crippen molar-refractivity contribution in [1.82, 2.24) is 4.57 Å². The predicted octanol–water partition coefficient (Wildman–Crippen LogP) is 8.16. The molecule has 1 aromatic heterocycles. The topological polar surface area (TPSA) is 71.7 Å². The molecule has 1 aliphatic rings. The number of rotatable bonds is 6. The Morgan fingerprint density at radius 3 is 2.34 bits per heavy atom. The first-order valence-electron chi connectivity index (χ1n) is 13.7. The average Bonchev–Trinajstić information content (AvgIpc) is 3.36. The number of phenolic OH excluding ortho intramolecular Hbond substituents is 2. The van der Waals surface area contributed by atoms with Gasteiger partial charge in [0.15, 0.2) is 0 Å². The first-order valence-corrected chi connectivity index (χ1v) is 18.2. The zero-order chi connectivity index (χ0) is 28.1. The van der Waals surface area contributed by atoms with Gasteiger partial charge in [0.2, 0.25) is 0 Å². The molecule has 0 spiro atoms. The van der Waals surface area contributed by atoms with Gasteiger partial charge in [-0.05, 0) is 6.07 Å². The van der Waals surface area contributed by atoms with Crippen LogP contribution in [0.5, 0.6) is 17.2 Å². The van der Waals surface area contributed by atoms with Crippen LogP contribution in [0.4, 0.5) is 0 Å². The first kappa shape index (κ1) is 26.2. The molecule has 41 heavy (non-hydrogen) atoms. The summed E-state index contributed by atoms with van der Waals surface area (Å²) in [6.07, 6.45) is 2.47. The Labute approximate surface area is 248 Å². The van der Waals surface area contributed by atoms with Gasteiger partial charge in [0, 0.05) is 5.56 Å². The summed E-state index contributed by atoms with van der Waals surface area (Å²) < 4.78 is 25.8. The Bertz CT molecular complexity index is 2000. The fourth-order valence-corrected chi connectivity index (χ4v) is 10.9. The van der Waals surface area contributed by atoms with Crippen LogP contribution in [0.3, 0.4) is 0 Å². The fourth-order valence-electron chi connectivity index (χ4n) is 5.73. The van der Waals surface area contributed by atoms with Crippen molar-refractivity contribution in [2.24, 2.45) is 0 Å². The monoisotopic (exact) mass is 673 g/mol. The zero-order valence-electron chi connectivity index (χ0n) is 22.4. The minimum atomic E-state index is -3.83. The number of fused-ring (bicyclic) bond motifs is 6. The Balaban J connectivity index is 1.45. The third-order valence-electron chi connectivity index (χ3n) is 7.67. The molecule has 5 nitrogen and oxygen atoms in total. The molecule has 7 heteroatoms. The van der Waals surface area contributed by atoms with Crippen molar-refractivity contribution in [3.63, 3.8) is 0 Å². The molecule has 0 saturated carbocycles. The molecule has 2 heterocycles. The van der Waals surface area contributed by atoms with E-state index in [1.165, 1.54) is 26.9 Å².